The molecule has 4 aromatic carbocycles. The smallest absolute Gasteiger partial charge is 0.332 e. The van der Waals surface area contributed by atoms with Gasteiger partial charge in [-0.25, -0.2) is 4.79 Å². The van der Waals surface area contributed by atoms with Crippen LogP contribution < -0.4 is 4.74 Å². The van der Waals surface area contributed by atoms with Crippen molar-refractivity contribution in [2.75, 3.05) is 0 Å². The van der Waals surface area contributed by atoms with Gasteiger partial charge in [0.25, 0.3) is 5.78 Å². The molecule has 0 atom stereocenters. The van der Waals surface area contributed by atoms with E-state index in [4.69, 9.17) is 4.74 Å². The van der Waals surface area contributed by atoms with Gasteiger partial charge in [0.15, 0.2) is 11.5 Å². The minimum absolute atomic E-state index is 0.106. The molecule has 7 heteroatoms. The Morgan fingerprint density at radius 1 is 0.868 bits per heavy atom. The Kier molecular flexibility index (Phi) is 5.61. The Hall–Kier alpha value is -5.04. The van der Waals surface area contributed by atoms with Crippen molar-refractivity contribution in [1.82, 2.24) is 4.57 Å². The first-order valence-corrected chi connectivity index (χ1v) is 12.2. The first-order chi connectivity index (χ1) is 18.5. The van der Waals surface area contributed by atoms with Gasteiger partial charge in [0.1, 0.15) is 0 Å². The van der Waals surface area contributed by atoms with Crippen LogP contribution in [0.4, 0.5) is 0 Å². The molecule has 1 aromatic heterocycles. The normalized spacial score (nSPS) is 13.6. The summed E-state index contributed by atoms with van der Waals surface area (Å²) in [5, 5.41) is 5.07. The largest absolute Gasteiger partial charge is 0.432 e. The van der Waals surface area contributed by atoms with E-state index in [9.17, 15) is 14.4 Å². The van der Waals surface area contributed by atoms with E-state index in [1.165, 1.54) is 6.92 Å². The minimum atomic E-state index is -0.655. The monoisotopic (exact) mass is 502 g/mol. The van der Waals surface area contributed by atoms with Crippen molar-refractivity contribution in [3.05, 3.63) is 102 Å². The van der Waals surface area contributed by atoms with Crippen molar-refractivity contribution >= 4 is 45.2 Å². The highest BCUT2D eigenvalue weighted by Gasteiger charge is 2.33. The molecule has 0 aliphatic carbocycles. The van der Waals surface area contributed by atoms with Crippen molar-refractivity contribution in [2.45, 2.75) is 20.4 Å². The van der Waals surface area contributed by atoms with Crippen LogP contribution >= 0.6 is 0 Å². The van der Waals surface area contributed by atoms with Crippen molar-refractivity contribution in [1.29, 1.82) is 0 Å². The highest BCUT2D eigenvalue weighted by atomic mass is 16.7. The molecule has 1 aliphatic heterocycles. The van der Waals surface area contributed by atoms with Gasteiger partial charge in [-0.15, -0.1) is 0 Å². The molecule has 38 heavy (non-hydrogen) atoms. The highest BCUT2D eigenvalue weighted by molar-refractivity contribution is 6.47. The number of hydrogen-bond acceptors (Lipinski definition) is 6. The molecule has 0 unspecified atom stereocenters. The second-order valence-electron chi connectivity index (χ2n) is 9.00. The standard InChI is InChI=1S/C31H22N2O5/c1-3-33-25-15-13-22(28(35)21-11-9-20(10-12-21)19-7-5-4-6-8-19)17-24(25)27-26(33)16-14-23-29(36)31(37-30(23)27)32-38-18(2)34/h4-17H,3H2,1-2H3. The third kappa shape index (κ3) is 3.76. The van der Waals surface area contributed by atoms with Crippen LogP contribution in [0.1, 0.15) is 40.1 Å². The van der Waals surface area contributed by atoms with E-state index >= 15 is 0 Å². The fraction of sp³-hybridized carbons (Fsp3) is 0.0968. The third-order valence-electron chi connectivity index (χ3n) is 6.71. The molecule has 0 N–H and O–H groups in total. The number of Topliss-reactive ketones (excluding diaryl/α,β-unsaturated/α-hetero) is 1. The van der Waals surface area contributed by atoms with E-state index in [1.807, 2.05) is 85.8 Å². The second-order valence-corrected chi connectivity index (χ2v) is 9.00. The average molecular weight is 503 g/mol. The Morgan fingerprint density at radius 3 is 2.26 bits per heavy atom. The van der Waals surface area contributed by atoms with Crippen molar-refractivity contribution < 1.29 is 24.0 Å². The summed E-state index contributed by atoms with van der Waals surface area (Å²) in [6, 6.07) is 26.7. The molecule has 0 fully saturated rings. The SMILES string of the molecule is CCn1c2ccc(C(=O)c3ccc(-c4ccccc4)cc3)cc2c2c3c(ccc21)C(=O)C(=NOC(C)=O)O3. The molecule has 0 radical (unpaired) electrons. The summed E-state index contributed by atoms with van der Waals surface area (Å²) < 4.78 is 7.91. The molecule has 2 heterocycles. The van der Waals surface area contributed by atoms with E-state index in [0.29, 0.717) is 34.4 Å². The van der Waals surface area contributed by atoms with Gasteiger partial charge in [-0.05, 0) is 53.5 Å². The Balaban J connectivity index is 1.44. The van der Waals surface area contributed by atoms with E-state index in [-0.39, 0.29) is 11.7 Å². The number of fused-ring (bicyclic) bond motifs is 5. The van der Waals surface area contributed by atoms with E-state index < -0.39 is 11.8 Å². The van der Waals surface area contributed by atoms with Crippen LogP contribution in [0.3, 0.4) is 0 Å². The number of aryl methyl sites for hydroxylation is 1. The van der Waals surface area contributed by atoms with Gasteiger partial charge in [0, 0.05) is 35.5 Å². The predicted octanol–water partition coefficient (Wildman–Crippen LogP) is 6.16. The zero-order valence-electron chi connectivity index (χ0n) is 20.7. The summed E-state index contributed by atoms with van der Waals surface area (Å²) in [5.74, 6) is -1.19. The second kappa shape index (κ2) is 9.12. The first-order valence-electron chi connectivity index (χ1n) is 12.2. The third-order valence-corrected chi connectivity index (χ3v) is 6.71. The molecule has 0 bridgehead atoms. The number of carbonyl (C=O) groups excluding carboxylic acids is 3. The van der Waals surface area contributed by atoms with E-state index in [2.05, 4.69) is 14.6 Å². The van der Waals surface area contributed by atoms with Gasteiger partial charge in [-0.3, -0.25) is 9.59 Å². The maximum absolute atomic E-state index is 13.5. The number of hydrogen-bond donors (Lipinski definition) is 0. The minimum Gasteiger partial charge on any atom is -0.432 e. The first kappa shape index (κ1) is 23.4. The van der Waals surface area contributed by atoms with Crippen molar-refractivity contribution in [3.63, 3.8) is 0 Å². The van der Waals surface area contributed by atoms with Gasteiger partial charge in [0.2, 0.25) is 0 Å². The average Bonchev–Trinajstić information content (AvgIpc) is 3.45. The maximum Gasteiger partial charge on any atom is 0.332 e. The summed E-state index contributed by atoms with van der Waals surface area (Å²) in [7, 11) is 0. The topological polar surface area (TPSA) is 87.0 Å². The quantitative estimate of drug-likeness (QED) is 0.163. The van der Waals surface area contributed by atoms with Crippen LogP contribution in [0.2, 0.25) is 0 Å². The number of rotatable bonds is 5. The molecule has 1 aliphatic rings. The molecule has 7 nitrogen and oxygen atoms in total. The number of aromatic nitrogens is 1. The van der Waals surface area contributed by atoms with E-state index in [1.54, 1.807) is 6.07 Å². The van der Waals surface area contributed by atoms with Crippen LogP contribution in [0.15, 0.2) is 90.1 Å². The maximum atomic E-state index is 13.5. The lowest BCUT2D eigenvalue weighted by molar-refractivity contribution is -0.141. The molecule has 0 amide bonds. The van der Waals surface area contributed by atoms with Crippen LogP contribution in [-0.4, -0.2) is 28.0 Å². The summed E-state index contributed by atoms with van der Waals surface area (Å²) in [5.41, 5.74) is 5.32. The molecular formula is C31H22N2O5. The summed E-state index contributed by atoms with van der Waals surface area (Å²) in [6.45, 7) is 3.89. The van der Waals surface area contributed by atoms with Crippen molar-refractivity contribution in [2.24, 2.45) is 5.16 Å². The Bertz CT molecular complexity index is 1800. The summed E-state index contributed by atoms with van der Waals surface area (Å²) in [4.78, 5) is 42.2. The molecule has 0 saturated heterocycles. The van der Waals surface area contributed by atoms with Crippen LogP contribution in [-0.2, 0) is 16.2 Å². The van der Waals surface area contributed by atoms with Crippen LogP contribution in [0.25, 0.3) is 32.9 Å². The number of carbonyl (C=O) groups is 3. The van der Waals surface area contributed by atoms with Crippen molar-refractivity contribution in [3.8, 4) is 16.9 Å². The number of ether oxygens (including phenoxy) is 1. The van der Waals surface area contributed by atoms with Crippen LogP contribution in [0, 0.1) is 0 Å². The van der Waals surface area contributed by atoms with Gasteiger partial charge >= 0.3 is 11.9 Å². The summed E-state index contributed by atoms with van der Waals surface area (Å²) >= 11 is 0. The van der Waals surface area contributed by atoms with Gasteiger partial charge < -0.3 is 14.1 Å². The lowest BCUT2D eigenvalue weighted by Crippen LogP contribution is -2.13. The number of nitrogens with zero attached hydrogens (tertiary/aromatic N) is 2. The molecule has 0 spiro atoms. The Labute approximate surface area is 217 Å². The van der Waals surface area contributed by atoms with Gasteiger partial charge in [-0.2, -0.15) is 0 Å². The molecule has 5 aromatic rings. The highest BCUT2D eigenvalue weighted by Crippen LogP contribution is 2.41. The fourth-order valence-corrected chi connectivity index (χ4v) is 4.96. The molecular weight excluding hydrogens is 480 g/mol. The molecule has 6 rings (SSSR count). The van der Waals surface area contributed by atoms with Gasteiger partial charge in [-0.1, -0.05) is 54.6 Å². The zero-order chi connectivity index (χ0) is 26.4. The molecule has 186 valence electrons. The predicted molar refractivity (Wildman–Crippen MR) is 145 cm³/mol. The lowest BCUT2D eigenvalue weighted by Gasteiger charge is -2.06. The number of oxime groups is 1. The summed E-state index contributed by atoms with van der Waals surface area (Å²) in [6.07, 6.45) is 0. The van der Waals surface area contributed by atoms with E-state index in [0.717, 1.165) is 27.5 Å². The van der Waals surface area contributed by atoms with Crippen LogP contribution in [0.5, 0.6) is 5.75 Å². The number of benzene rings is 4. The zero-order valence-corrected chi connectivity index (χ0v) is 20.7. The molecule has 0 saturated carbocycles. The Morgan fingerprint density at radius 2 is 1.55 bits per heavy atom. The fourth-order valence-electron chi connectivity index (χ4n) is 4.96. The lowest BCUT2D eigenvalue weighted by atomic mass is 9.98. The number of ketones is 2. The van der Waals surface area contributed by atoms with Gasteiger partial charge in [0.05, 0.1) is 16.5 Å².